The molecule has 0 unspecified atom stereocenters. The molecule has 2 N–H and O–H groups in total. The molecule has 182 valence electrons. The van der Waals surface area contributed by atoms with Gasteiger partial charge in [0.05, 0.1) is 25.3 Å². The molecule has 1 amide bonds. The summed E-state index contributed by atoms with van der Waals surface area (Å²) in [6.07, 6.45) is 7.46. The number of likely N-dealkylation sites (N-methyl/N-ethyl adjacent to an activating group) is 1. The highest BCUT2D eigenvalue weighted by Crippen LogP contribution is 2.32. The van der Waals surface area contributed by atoms with Crippen LogP contribution in [0.1, 0.15) is 67.2 Å². The lowest BCUT2D eigenvalue weighted by molar-refractivity contribution is -0.139. The molecule has 1 aliphatic rings. The van der Waals surface area contributed by atoms with Crippen LogP contribution < -0.4 is 10.6 Å². The second-order valence-corrected chi connectivity index (χ2v) is 8.25. The van der Waals surface area contributed by atoms with Gasteiger partial charge in [0.2, 0.25) is 6.41 Å². The number of aryl methyl sites for hydroxylation is 1. The lowest BCUT2D eigenvalue weighted by atomic mass is 9.84. The van der Waals surface area contributed by atoms with Gasteiger partial charge in [0.15, 0.2) is 0 Å². The highest BCUT2D eigenvalue weighted by molar-refractivity contribution is 5.76. The number of carbonyl (C=O) groups excluding carboxylic acids is 2. The molecule has 2 aromatic rings. The van der Waals surface area contributed by atoms with Crippen molar-refractivity contribution in [3.63, 3.8) is 0 Å². The number of amides is 1. The zero-order valence-corrected chi connectivity index (χ0v) is 20.8. The molecule has 2 aromatic carbocycles. The van der Waals surface area contributed by atoms with Crippen LogP contribution in [0.4, 0.5) is 5.69 Å². The lowest BCUT2D eigenvalue weighted by Crippen LogP contribution is -2.19. The van der Waals surface area contributed by atoms with Gasteiger partial charge >= 0.3 is 5.97 Å². The summed E-state index contributed by atoms with van der Waals surface area (Å²) in [5.41, 5.74) is 6.13. The number of allylic oxidation sites excluding steroid dienone is 1. The number of nitrogens with one attached hydrogen (secondary N) is 2. The molecule has 0 atom stereocenters. The number of hydrogen-bond donors (Lipinski definition) is 2. The summed E-state index contributed by atoms with van der Waals surface area (Å²) in [6, 6.07) is 16.1. The molecule has 0 heterocycles. The molecular formula is C28H37N3O3. The van der Waals surface area contributed by atoms with E-state index in [2.05, 4.69) is 40.2 Å². The van der Waals surface area contributed by atoms with E-state index < -0.39 is 0 Å². The molecule has 0 saturated heterocycles. The molecule has 1 aliphatic carbocycles. The number of nitriles is 1. The molecule has 1 fully saturated rings. The number of nitrogens with zero attached hydrogens (tertiary/aromatic N) is 1. The normalized spacial score (nSPS) is 12.6. The Morgan fingerprint density at radius 1 is 1.18 bits per heavy atom. The van der Waals surface area contributed by atoms with Crippen molar-refractivity contribution in [1.82, 2.24) is 5.32 Å². The van der Waals surface area contributed by atoms with Crippen LogP contribution in [0, 0.1) is 18.3 Å². The van der Waals surface area contributed by atoms with Gasteiger partial charge in [-0.2, -0.15) is 5.26 Å². The van der Waals surface area contributed by atoms with Gasteiger partial charge < -0.3 is 15.4 Å². The topological polar surface area (TPSA) is 91.2 Å². The van der Waals surface area contributed by atoms with E-state index in [1.54, 1.807) is 7.05 Å². The smallest absolute Gasteiger partial charge is 0.319 e. The molecule has 1 saturated carbocycles. The molecule has 0 bridgehead atoms. The van der Waals surface area contributed by atoms with Crippen molar-refractivity contribution in [2.24, 2.45) is 0 Å². The maximum absolute atomic E-state index is 10.3. The van der Waals surface area contributed by atoms with Crippen molar-refractivity contribution < 1.29 is 14.3 Å². The van der Waals surface area contributed by atoms with Gasteiger partial charge in [0.25, 0.3) is 0 Å². The Balaban J connectivity index is 0.000000271. The SMILES string of the molecule is C=C(C)c1ccc(C)c(NC=O)c1.CNCC(=O)OC.N#Cc1ccc(C2CCCCC2)cc1. The van der Waals surface area contributed by atoms with E-state index in [0.717, 1.165) is 33.9 Å². The summed E-state index contributed by atoms with van der Waals surface area (Å²) in [6.45, 7) is 8.02. The van der Waals surface area contributed by atoms with E-state index in [1.165, 1.54) is 44.8 Å². The average Bonchev–Trinajstić information content (AvgIpc) is 2.87. The van der Waals surface area contributed by atoms with E-state index in [0.29, 0.717) is 6.41 Å². The molecule has 6 nitrogen and oxygen atoms in total. The third-order valence-electron chi connectivity index (χ3n) is 5.61. The van der Waals surface area contributed by atoms with Gasteiger partial charge in [-0.25, -0.2) is 0 Å². The predicted octanol–water partition coefficient (Wildman–Crippen LogP) is 5.58. The quantitative estimate of drug-likeness (QED) is 0.431. The van der Waals surface area contributed by atoms with Crippen LogP contribution in [0.5, 0.6) is 0 Å². The van der Waals surface area contributed by atoms with Crippen LogP contribution in [0.25, 0.3) is 5.57 Å². The zero-order chi connectivity index (χ0) is 25.3. The maximum atomic E-state index is 10.3. The fourth-order valence-corrected chi connectivity index (χ4v) is 3.59. The molecule has 0 aromatic heterocycles. The number of methoxy groups -OCH3 is 1. The first-order valence-corrected chi connectivity index (χ1v) is 11.5. The summed E-state index contributed by atoms with van der Waals surface area (Å²) in [4.78, 5) is 20.4. The highest BCUT2D eigenvalue weighted by atomic mass is 16.5. The fourth-order valence-electron chi connectivity index (χ4n) is 3.59. The van der Waals surface area contributed by atoms with Crippen LogP contribution in [-0.2, 0) is 14.3 Å². The van der Waals surface area contributed by atoms with E-state index in [4.69, 9.17) is 5.26 Å². The number of ether oxygens (including phenoxy) is 1. The Labute approximate surface area is 204 Å². The molecule has 0 aliphatic heterocycles. The summed E-state index contributed by atoms with van der Waals surface area (Å²) in [7, 11) is 3.05. The van der Waals surface area contributed by atoms with Gasteiger partial charge in [-0.15, -0.1) is 0 Å². The van der Waals surface area contributed by atoms with Gasteiger partial charge in [-0.3, -0.25) is 9.59 Å². The Morgan fingerprint density at radius 3 is 2.29 bits per heavy atom. The van der Waals surface area contributed by atoms with Gasteiger partial charge in [-0.1, -0.05) is 55.7 Å². The molecule has 6 heteroatoms. The van der Waals surface area contributed by atoms with Crippen molar-refractivity contribution in [1.29, 1.82) is 5.26 Å². The minimum absolute atomic E-state index is 0.234. The van der Waals surface area contributed by atoms with Crippen LogP contribution >= 0.6 is 0 Å². The first-order chi connectivity index (χ1) is 16.4. The minimum Gasteiger partial charge on any atom is -0.468 e. The number of esters is 1. The summed E-state index contributed by atoms with van der Waals surface area (Å²) < 4.78 is 4.29. The average molecular weight is 464 g/mol. The van der Waals surface area contributed by atoms with Crippen molar-refractivity contribution in [2.75, 3.05) is 26.0 Å². The zero-order valence-electron chi connectivity index (χ0n) is 20.8. The number of rotatable bonds is 6. The standard InChI is InChI=1S/C13H15N.C11H13NO.C4H9NO2/c14-10-11-6-8-13(9-7-11)12-4-2-1-3-5-12;1-8(2)10-5-4-9(3)11(6-10)12-7-13;1-5-3-4(6)7-2/h6-9,12H,1-5H2;4-7H,1H2,2-3H3,(H,12,13);5H,3H2,1-2H3. The predicted molar refractivity (Wildman–Crippen MR) is 138 cm³/mol. The lowest BCUT2D eigenvalue weighted by Gasteiger charge is -2.21. The number of hydrogen-bond acceptors (Lipinski definition) is 5. The summed E-state index contributed by atoms with van der Waals surface area (Å²) >= 11 is 0. The van der Waals surface area contributed by atoms with Crippen LogP contribution in [0.3, 0.4) is 0 Å². The van der Waals surface area contributed by atoms with Gasteiger partial charge in [0.1, 0.15) is 0 Å². The van der Waals surface area contributed by atoms with E-state index in [9.17, 15) is 9.59 Å². The first kappa shape index (κ1) is 28.6. The van der Waals surface area contributed by atoms with Crippen LogP contribution in [-0.4, -0.2) is 33.1 Å². The van der Waals surface area contributed by atoms with Crippen LogP contribution in [0.15, 0.2) is 49.0 Å². The Kier molecular flexibility index (Phi) is 13.6. The third kappa shape index (κ3) is 10.5. The molecular weight excluding hydrogens is 426 g/mol. The number of anilines is 1. The van der Waals surface area contributed by atoms with Crippen molar-refractivity contribution in [3.05, 3.63) is 71.3 Å². The number of carbonyl (C=O) groups is 2. The Hall–Kier alpha value is -3.43. The molecule has 34 heavy (non-hydrogen) atoms. The summed E-state index contributed by atoms with van der Waals surface area (Å²) in [5.74, 6) is 0.513. The monoisotopic (exact) mass is 463 g/mol. The van der Waals surface area contributed by atoms with E-state index in [1.807, 2.05) is 44.2 Å². The highest BCUT2D eigenvalue weighted by Gasteiger charge is 2.14. The second kappa shape index (κ2) is 16.2. The van der Waals surface area contributed by atoms with E-state index >= 15 is 0 Å². The van der Waals surface area contributed by atoms with E-state index in [-0.39, 0.29) is 12.5 Å². The van der Waals surface area contributed by atoms with Crippen molar-refractivity contribution in [2.45, 2.75) is 51.9 Å². The van der Waals surface area contributed by atoms with Crippen molar-refractivity contribution in [3.8, 4) is 6.07 Å². The first-order valence-electron chi connectivity index (χ1n) is 11.5. The largest absolute Gasteiger partial charge is 0.468 e. The number of benzene rings is 2. The van der Waals surface area contributed by atoms with Gasteiger partial charge in [0, 0.05) is 5.69 Å². The van der Waals surface area contributed by atoms with Gasteiger partial charge in [-0.05, 0) is 74.5 Å². The van der Waals surface area contributed by atoms with Crippen LogP contribution in [0.2, 0.25) is 0 Å². The maximum Gasteiger partial charge on any atom is 0.319 e. The summed E-state index contributed by atoms with van der Waals surface area (Å²) in [5, 5.41) is 14.0. The van der Waals surface area contributed by atoms with Crippen molar-refractivity contribution >= 4 is 23.6 Å². The molecule has 0 spiro atoms. The Morgan fingerprint density at radius 2 is 1.82 bits per heavy atom. The molecule has 0 radical (unpaired) electrons. The Bertz CT molecular complexity index is 956. The third-order valence-corrected chi connectivity index (χ3v) is 5.61. The second-order valence-electron chi connectivity index (χ2n) is 8.25. The molecule has 3 rings (SSSR count). The minimum atomic E-state index is -0.234. The fraction of sp³-hybridized carbons (Fsp3) is 0.393.